The van der Waals surface area contributed by atoms with Crippen LogP contribution in [0.1, 0.15) is 46.5 Å². The van der Waals surface area contributed by atoms with E-state index in [-0.39, 0.29) is 11.5 Å². The third-order valence-corrected chi connectivity index (χ3v) is 2.35. The summed E-state index contributed by atoms with van der Waals surface area (Å²) in [5, 5.41) is 9.31. The predicted octanol–water partition coefficient (Wildman–Crippen LogP) is 2.59. The zero-order valence-corrected chi connectivity index (χ0v) is 8.93. The van der Waals surface area contributed by atoms with Crippen LogP contribution in [0.15, 0.2) is 0 Å². The summed E-state index contributed by atoms with van der Waals surface area (Å²) in [6.45, 7) is 6.41. The molecule has 0 radical (unpaired) electrons. The average Bonchev–Trinajstić information content (AvgIpc) is 2.02. The Morgan fingerprint density at radius 1 is 1.08 bits per heavy atom. The summed E-state index contributed by atoms with van der Waals surface area (Å²) in [4.78, 5) is 0. The van der Waals surface area contributed by atoms with Crippen LogP contribution in [0.2, 0.25) is 0 Å². The highest BCUT2D eigenvalue weighted by Crippen LogP contribution is 2.24. The lowest BCUT2D eigenvalue weighted by Gasteiger charge is -2.21. The van der Waals surface area contributed by atoms with E-state index < -0.39 is 0 Å². The van der Waals surface area contributed by atoms with Crippen LogP contribution in [-0.2, 0) is 0 Å². The summed E-state index contributed by atoms with van der Waals surface area (Å²) in [5.41, 5.74) is 0.121. The van der Waals surface area contributed by atoms with Gasteiger partial charge in [-0.1, -0.05) is 11.8 Å². The Morgan fingerprint density at radius 3 is 2.08 bits per heavy atom. The van der Waals surface area contributed by atoms with Crippen molar-refractivity contribution in [3.05, 3.63) is 0 Å². The first-order valence-electron chi connectivity index (χ1n) is 5.18. The molecule has 0 heterocycles. The van der Waals surface area contributed by atoms with Gasteiger partial charge in [-0.05, 0) is 46.5 Å². The normalized spacial score (nSPS) is 29.2. The Kier molecular flexibility index (Phi) is 3.39. The van der Waals surface area contributed by atoms with Gasteiger partial charge >= 0.3 is 0 Å². The van der Waals surface area contributed by atoms with Gasteiger partial charge in [-0.3, -0.25) is 0 Å². The molecule has 0 unspecified atom stereocenters. The number of hydrogen-bond donors (Lipinski definition) is 1. The summed E-state index contributed by atoms with van der Waals surface area (Å²) >= 11 is 0. The SMILES string of the molecule is CC(C)(C)C#CC1CCC(O)CC1. The Balaban J connectivity index is 2.41. The largest absolute Gasteiger partial charge is 0.393 e. The third-order valence-electron chi connectivity index (χ3n) is 2.35. The highest BCUT2D eigenvalue weighted by atomic mass is 16.3. The van der Waals surface area contributed by atoms with Gasteiger partial charge < -0.3 is 5.11 Å². The molecule has 0 saturated heterocycles. The Labute approximate surface area is 81.5 Å². The summed E-state index contributed by atoms with van der Waals surface area (Å²) in [6, 6.07) is 0. The van der Waals surface area contributed by atoms with Crippen LogP contribution in [0.5, 0.6) is 0 Å². The van der Waals surface area contributed by atoms with Crippen LogP contribution in [0.3, 0.4) is 0 Å². The number of aliphatic hydroxyl groups excluding tert-OH is 1. The number of hydrogen-bond acceptors (Lipinski definition) is 1. The number of aliphatic hydroxyl groups is 1. The highest BCUT2D eigenvalue weighted by molar-refractivity contribution is 5.10. The molecule has 1 aliphatic carbocycles. The average molecular weight is 180 g/mol. The predicted molar refractivity (Wildman–Crippen MR) is 55.2 cm³/mol. The fourth-order valence-corrected chi connectivity index (χ4v) is 1.54. The second kappa shape index (κ2) is 4.15. The van der Waals surface area contributed by atoms with Crippen molar-refractivity contribution in [1.82, 2.24) is 0 Å². The zero-order valence-electron chi connectivity index (χ0n) is 8.93. The van der Waals surface area contributed by atoms with Crippen molar-refractivity contribution in [1.29, 1.82) is 0 Å². The minimum absolute atomic E-state index is 0.0623. The van der Waals surface area contributed by atoms with Crippen LogP contribution in [0, 0.1) is 23.2 Å². The van der Waals surface area contributed by atoms with Crippen molar-refractivity contribution >= 4 is 0 Å². The first-order valence-corrected chi connectivity index (χ1v) is 5.18. The molecule has 1 heteroatoms. The van der Waals surface area contributed by atoms with E-state index in [1.807, 2.05) is 0 Å². The van der Waals surface area contributed by atoms with Crippen molar-refractivity contribution in [2.45, 2.75) is 52.6 Å². The molecule has 74 valence electrons. The molecule has 1 nitrogen and oxygen atoms in total. The molecule has 1 fully saturated rings. The van der Waals surface area contributed by atoms with Gasteiger partial charge in [0.1, 0.15) is 0 Å². The lowest BCUT2D eigenvalue weighted by molar-refractivity contribution is 0.119. The van der Waals surface area contributed by atoms with Gasteiger partial charge in [-0.2, -0.15) is 0 Å². The Morgan fingerprint density at radius 2 is 1.62 bits per heavy atom. The molecule has 0 spiro atoms. The van der Waals surface area contributed by atoms with E-state index in [9.17, 15) is 5.11 Å². The zero-order chi connectivity index (χ0) is 9.90. The Bertz CT molecular complexity index is 206. The summed E-state index contributed by atoms with van der Waals surface area (Å²) in [7, 11) is 0. The van der Waals surface area contributed by atoms with Crippen LogP contribution >= 0.6 is 0 Å². The molecule has 13 heavy (non-hydrogen) atoms. The first kappa shape index (κ1) is 10.6. The molecule has 0 aromatic carbocycles. The Hall–Kier alpha value is -0.480. The maximum Gasteiger partial charge on any atom is 0.0541 e. The first-order chi connectivity index (χ1) is 5.97. The molecule has 0 aromatic rings. The van der Waals surface area contributed by atoms with E-state index in [1.54, 1.807) is 0 Å². The second-order valence-electron chi connectivity index (χ2n) is 5.02. The maximum absolute atomic E-state index is 9.31. The van der Waals surface area contributed by atoms with Gasteiger partial charge in [0.25, 0.3) is 0 Å². The van der Waals surface area contributed by atoms with Crippen LogP contribution in [0.4, 0.5) is 0 Å². The van der Waals surface area contributed by atoms with Gasteiger partial charge in [-0.25, -0.2) is 0 Å². The number of rotatable bonds is 0. The van der Waals surface area contributed by atoms with E-state index in [0.29, 0.717) is 5.92 Å². The quantitative estimate of drug-likeness (QED) is 0.568. The van der Waals surface area contributed by atoms with E-state index in [4.69, 9.17) is 0 Å². The lowest BCUT2D eigenvalue weighted by atomic mass is 9.86. The minimum Gasteiger partial charge on any atom is -0.393 e. The molecule has 0 aromatic heterocycles. The van der Waals surface area contributed by atoms with Crippen LogP contribution in [0.25, 0.3) is 0 Å². The van der Waals surface area contributed by atoms with Crippen LogP contribution in [-0.4, -0.2) is 11.2 Å². The van der Waals surface area contributed by atoms with Crippen molar-refractivity contribution in [3.63, 3.8) is 0 Å². The monoisotopic (exact) mass is 180 g/mol. The minimum atomic E-state index is -0.0623. The van der Waals surface area contributed by atoms with E-state index in [2.05, 4.69) is 32.6 Å². The molecule has 1 aliphatic rings. The second-order valence-corrected chi connectivity index (χ2v) is 5.02. The van der Waals surface area contributed by atoms with Gasteiger partial charge in [0.2, 0.25) is 0 Å². The fraction of sp³-hybridized carbons (Fsp3) is 0.833. The fourth-order valence-electron chi connectivity index (χ4n) is 1.54. The topological polar surface area (TPSA) is 20.2 Å². The van der Waals surface area contributed by atoms with Crippen molar-refractivity contribution in [2.75, 3.05) is 0 Å². The van der Waals surface area contributed by atoms with E-state index in [1.165, 1.54) is 0 Å². The van der Waals surface area contributed by atoms with E-state index in [0.717, 1.165) is 25.7 Å². The highest BCUT2D eigenvalue weighted by Gasteiger charge is 2.17. The van der Waals surface area contributed by atoms with E-state index >= 15 is 0 Å². The molecule has 0 atom stereocenters. The molecule has 1 N–H and O–H groups in total. The standard InChI is InChI=1S/C12H20O/c1-12(2,3)9-8-10-4-6-11(13)7-5-10/h10-11,13H,4-7H2,1-3H3. The molecule has 1 saturated carbocycles. The lowest BCUT2D eigenvalue weighted by Crippen LogP contribution is -2.17. The van der Waals surface area contributed by atoms with Gasteiger partial charge in [0.15, 0.2) is 0 Å². The van der Waals surface area contributed by atoms with Crippen LogP contribution < -0.4 is 0 Å². The van der Waals surface area contributed by atoms with Gasteiger partial charge in [0.05, 0.1) is 6.10 Å². The van der Waals surface area contributed by atoms with Gasteiger partial charge in [0, 0.05) is 11.3 Å². The summed E-state index contributed by atoms with van der Waals surface area (Å²) in [5.74, 6) is 7.13. The summed E-state index contributed by atoms with van der Waals surface area (Å²) < 4.78 is 0. The molecule has 0 amide bonds. The maximum atomic E-state index is 9.31. The molecular formula is C12H20O. The molecular weight excluding hydrogens is 160 g/mol. The third kappa shape index (κ3) is 4.33. The molecule has 1 rings (SSSR count). The van der Waals surface area contributed by atoms with Gasteiger partial charge in [-0.15, -0.1) is 0 Å². The van der Waals surface area contributed by atoms with Crippen molar-refractivity contribution in [3.8, 4) is 11.8 Å². The molecule has 0 aliphatic heterocycles. The van der Waals surface area contributed by atoms with Crippen molar-refractivity contribution < 1.29 is 5.11 Å². The summed E-state index contributed by atoms with van der Waals surface area (Å²) in [6.07, 6.45) is 3.95. The smallest absolute Gasteiger partial charge is 0.0541 e. The molecule has 0 bridgehead atoms. The van der Waals surface area contributed by atoms with Crippen molar-refractivity contribution in [2.24, 2.45) is 11.3 Å².